The summed E-state index contributed by atoms with van der Waals surface area (Å²) in [6.45, 7) is 1.51. The maximum Gasteiger partial charge on any atom is 0.235 e. The Bertz CT molecular complexity index is 918. The quantitative estimate of drug-likeness (QED) is 0.686. The average molecular weight is 450 g/mol. The fourth-order valence-electron chi connectivity index (χ4n) is 2.41. The maximum atomic E-state index is 12.4. The topological polar surface area (TPSA) is 66.5 Å². The summed E-state index contributed by atoms with van der Waals surface area (Å²) < 4.78 is 25.3. The highest BCUT2D eigenvalue weighted by Gasteiger charge is 2.22. The Hall–Kier alpha value is -1.31. The van der Waals surface area contributed by atoms with E-state index >= 15 is 0 Å². The van der Waals surface area contributed by atoms with Crippen molar-refractivity contribution in [2.45, 2.75) is 19.5 Å². The van der Waals surface area contributed by atoms with Crippen molar-refractivity contribution in [2.75, 3.05) is 12.8 Å². The monoisotopic (exact) mass is 448 g/mol. The van der Waals surface area contributed by atoms with Crippen LogP contribution >= 0.6 is 34.8 Å². The molecule has 2 aromatic rings. The Labute approximate surface area is 174 Å². The maximum absolute atomic E-state index is 12.4. The van der Waals surface area contributed by atoms with Crippen molar-refractivity contribution < 1.29 is 13.2 Å². The minimum absolute atomic E-state index is 0.0124. The zero-order valence-corrected chi connectivity index (χ0v) is 17.8. The number of carbonyl (C=O) groups excluding carboxylic acids is 1. The average Bonchev–Trinajstić information content (AvgIpc) is 2.57. The van der Waals surface area contributed by atoms with Gasteiger partial charge in [0, 0.05) is 11.6 Å². The summed E-state index contributed by atoms with van der Waals surface area (Å²) in [4.78, 5) is 12.4. The van der Waals surface area contributed by atoms with Crippen molar-refractivity contribution in [3.8, 4) is 0 Å². The Balaban J connectivity index is 2.07. The lowest BCUT2D eigenvalue weighted by Gasteiger charge is -2.21. The molecule has 1 atom stereocenters. The van der Waals surface area contributed by atoms with Crippen LogP contribution in [-0.2, 0) is 21.4 Å². The molecular weight excluding hydrogens is 431 g/mol. The number of hydrogen-bond acceptors (Lipinski definition) is 3. The molecule has 0 heterocycles. The number of nitrogens with zero attached hydrogens (tertiary/aromatic N) is 1. The minimum Gasteiger partial charge on any atom is -0.348 e. The molecule has 0 spiro atoms. The van der Waals surface area contributed by atoms with Gasteiger partial charge in [-0.25, -0.2) is 8.42 Å². The first-order valence-electron chi connectivity index (χ1n) is 8.00. The van der Waals surface area contributed by atoms with Crippen LogP contribution in [0.15, 0.2) is 42.5 Å². The van der Waals surface area contributed by atoms with Crippen molar-refractivity contribution in [3.63, 3.8) is 0 Å². The van der Waals surface area contributed by atoms with Gasteiger partial charge in [-0.15, -0.1) is 0 Å². The van der Waals surface area contributed by atoms with Crippen LogP contribution in [0.5, 0.6) is 0 Å². The molecule has 9 heteroatoms. The standard InChI is InChI=1S/C18H19Cl3N2O3S/c1-12(14-4-6-15(19)7-5-14)22-18(24)11-23(27(2,25)26)10-13-3-8-16(20)17(21)9-13/h3-9,12H,10-11H2,1-2H3,(H,22,24). The van der Waals surface area contributed by atoms with Crippen molar-refractivity contribution in [1.82, 2.24) is 9.62 Å². The second-order valence-corrected chi connectivity index (χ2v) is 9.35. The van der Waals surface area contributed by atoms with Crippen LogP contribution in [0.3, 0.4) is 0 Å². The second-order valence-electron chi connectivity index (χ2n) is 6.12. The van der Waals surface area contributed by atoms with Crippen molar-refractivity contribution in [2.24, 2.45) is 0 Å². The number of benzene rings is 2. The second kappa shape index (κ2) is 9.26. The SMILES string of the molecule is CC(NC(=O)CN(Cc1ccc(Cl)c(Cl)c1)S(C)(=O)=O)c1ccc(Cl)cc1. The lowest BCUT2D eigenvalue weighted by molar-refractivity contribution is -0.122. The van der Waals surface area contributed by atoms with E-state index < -0.39 is 15.9 Å². The van der Waals surface area contributed by atoms with Crippen molar-refractivity contribution in [1.29, 1.82) is 0 Å². The first-order valence-corrected chi connectivity index (χ1v) is 11.0. The molecule has 0 aromatic heterocycles. The van der Waals surface area contributed by atoms with Crippen molar-refractivity contribution >= 4 is 50.7 Å². The molecule has 1 unspecified atom stereocenters. The third-order valence-electron chi connectivity index (χ3n) is 3.88. The molecule has 0 aliphatic heterocycles. The molecule has 0 aliphatic rings. The highest BCUT2D eigenvalue weighted by molar-refractivity contribution is 7.88. The van der Waals surface area contributed by atoms with Gasteiger partial charge in [-0.05, 0) is 42.3 Å². The third-order valence-corrected chi connectivity index (χ3v) is 6.07. The summed E-state index contributed by atoms with van der Waals surface area (Å²) in [5, 5.41) is 4.09. The molecule has 0 saturated carbocycles. The molecule has 0 aliphatic carbocycles. The van der Waals surface area contributed by atoms with Crippen molar-refractivity contribution in [3.05, 3.63) is 68.7 Å². The molecule has 2 aromatic carbocycles. The summed E-state index contributed by atoms with van der Waals surface area (Å²) in [5.41, 5.74) is 1.50. The number of carbonyl (C=O) groups is 1. The number of sulfonamides is 1. The predicted molar refractivity (Wildman–Crippen MR) is 110 cm³/mol. The molecule has 2 rings (SSSR count). The van der Waals surface area contributed by atoms with Gasteiger partial charge < -0.3 is 5.32 Å². The van der Waals surface area contributed by atoms with Crippen LogP contribution in [0.1, 0.15) is 24.1 Å². The van der Waals surface area contributed by atoms with E-state index in [9.17, 15) is 13.2 Å². The van der Waals surface area contributed by atoms with Gasteiger partial charge in [-0.1, -0.05) is 53.0 Å². The highest BCUT2D eigenvalue weighted by atomic mass is 35.5. The molecule has 27 heavy (non-hydrogen) atoms. The molecular formula is C18H19Cl3N2O3S. The fourth-order valence-corrected chi connectivity index (χ4v) is 3.60. The summed E-state index contributed by atoms with van der Waals surface area (Å²) in [6.07, 6.45) is 1.06. The van der Waals surface area contributed by atoms with E-state index in [1.165, 1.54) is 0 Å². The van der Waals surface area contributed by atoms with Gasteiger partial charge in [0.05, 0.1) is 28.9 Å². The van der Waals surface area contributed by atoms with Crippen LogP contribution in [0.4, 0.5) is 0 Å². The van der Waals surface area contributed by atoms with Crippen LogP contribution in [-0.4, -0.2) is 31.4 Å². The largest absolute Gasteiger partial charge is 0.348 e. The first-order chi connectivity index (χ1) is 12.6. The number of hydrogen-bond donors (Lipinski definition) is 1. The Kier molecular flexibility index (Phi) is 7.54. The normalized spacial score (nSPS) is 12.8. The summed E-state index contributed by atoms with van der Waals surface area (Å²) in [5.74, 6) is -0.414. The van der Waals surface area contributed by atoms with E-state index in [-0.39, 0.29) is 19.1 Å². The van der Waals surface area contributed by atoms with Gasteiger partial charge in [0.25, 0.3) is 0 Å². The van der Waals surface area contributed by atoms with Crippen LogP contribution < -0.4 is 5.32 Å². The van der Waals surface area contributed by atoms with E-state index in [0.29, 0.717) is 20.6 Å². The van der Waals surface area contributed by atoms with Gasteiger partial charge in [0.1, 0.15) is 0 Å². The zero-order valence-electron chi connectivity index (χ0n) is 14.7. The third kappa shape index (κ3) is 6.66. The number of nitrogens with one attached hydrogen (secondary N) is 1. The molecule has 1 amide bonds. The Morgan fingerprint density at radius 2 is 1.70 bits per heavy atom. The van der Waals surface area contributed by atoms with E-state index in [1.54, 1.807) is 42.5 Å². The zero-order chi connectivity index (χ0) is 20.2. The van der Waals surface area contributed by atoms with Crippen LogP contribution in [0.25, 0.3) is 0 Å². The lowest BCUT2D eigenvalue weighted by atomic mass is 10.1. The van der Waals surface area contributed by atoms with Gasteiger partial charge in [-0.3, -0.25) is 4.79 Å². The number of amides is 1. The van der Waals surface area contributed by atoms with Gasteiger partial charge >= 0.3 is 0 Å². The van der Waals surface area contributed by atoms with Crippen LogP contribution in [0.2, 0.25) is 15.1 Å². The van der Waals surface area contributed by atoms with Gasteiger partial charge in [0.15, 0.2) is 0 Å². The molecule has 146 valence electrons. The van der Waals surface area contributed by atoms with Crippen LogP contribution in [0, 0.1) is 0 Å². The predicted octanol–water partition coefficient (Wildman–Crippen LogP) is 4.29. The molecule has 0 bridgehead atoms. The van der Waals surface area contributed by atoms with Gasteiger partial charge in [-0.2, -0.15) is 4.31 Å². The molecule has 0 radical (unpaired) electrons. The summed E-state index contributed by atoms with van der Waals surface area (Å²) >= 11 is 17.7. The fraction of sp³-hybridized carbons (Fsp3) is 0.278. The molecule has 1 N–H and O–H groups in total. The Morgan fingerprint density at radius 1 is 1.07 bits per heavy atom. The summed E-state index contributed by atoms with van der Waals surface area (Å²) in [6, 6.07) is 11.6. The minimum atomic E-state index is -3.61. The molecule has 0 fully saturated rings. The lowest BCUT2D eigenvalue weighted by Crippen LogP contribution is -2.40. The van der Waals surface area contributed by atoms with Gasteiger partial charge in [0.2, 0.25) is 15.9 Å². The number of rotatable bonds is 7. The highest BCUT2D eigenvalue weighted by Crippen LogP contribution is 2.23. The smallest absolute Gasteiger partial charge is 0.235 e. The summed E-state index contributed by atoms with van der Waals surface area (Å²) in [7, 11) is -3.61. The van der Waals surface area contributed by atoms with E-state index in [4.69, 9.17) is 34.8 Å². The van der Waals surface area contributed by atoms with E-state index in [2.05, 4.69) is 5.32 Å². The first kappa shape index (κ1) is 22.0. The van der Waals surface area contributed by atoms with E-state index in [1.807, 2.05) is 6.92 Å². The number of halogens is 3. The molecule has 5 nitrogen and oxygen atoms in total. The molecule has 0 saturated heterocycles. The van der Waals surface area contributed by atoms with E-state index in [0.717, 1.165) is 16.1 Å². The Morgan fingerprint density at radius 3 is 2.26 bits per heavy atom.